The number of aliphatic hydroxyl groups excluding tert-OH is 1. The summed E-state index contributed by atoms with van der Waals surface area (Å²) in [6.45, 7) is 2.26. The molecule has 2 aromatic carbocycles. The molecule has 37 heavy (non-hydrogen) atoms. The molecule has 0 fully saturated rings. The first kappa shape index (κ1) is 27.9. The Balaban J connectivity index is 1.54. The van der Waals surface area contributed by atoms with Crippen molar-refractivity contribution in [3.05, 3.63) is 88.6 Å². The number of aromatic hydroxyl groups is 1. The third-order valence-electron chi connectivity index (χ3n) is 5.89. The second-order valence-electron chi connectivity index (χ2n) is 9.18. The number of nitrogens with zero attached hydrogens (tertiary/aromatic N) is 2. The van der Waals surface area contributed by atoms with Gasteiger partial charge in [-0.05, 0) is 54.3 Å². The van der Waals surface area contributed by atoms with E-state index in [0.29, 0.717) is 30.4 Å². The van der Waals surface area contributed by atoms with Crippen molar-refractivity contribution in [2.45, 2.75) is 44.6 Å². The molecular formula is C27H31F3N4O3. The van der Waals surface area contributed by atoms with Gasteiger partial charge in [0.1, 0.15) is 11.6 Å². The topological polar surface area (TPSA) is 112 Å². The molecule has 0 saturated heterocycles. The molecule has 0 spiro atoms. The Bertz CT molecular complexity index is 1200. The molecule has 3 rings (SSSR count). The largest absolute Gasteiger partial charge is 0.508 e. The first-order chi connectivity index (χ1) is 17.4. The number of rotatable bonds is 10. The first-order valence-corrected chi connectivity index (χ1v) is 11.8. The van der Waals surface area contributed by atoms with Gasteiger partial charge in [0.15, 0.2) is 0 Å². The van der Waals surface area contributed by atoms with Crippen molar-refractivity contribution in [2.24, 2.45) is 0 Å². The van der Waals surface area contributed by atoms with Gasteiger partial charge >= 0.3 is 6.18 Å². The summed E-state index contributed by atoms with van der Waals surface area (Å²) in [6.07, 6.45) is -3.03. The van der Waals surface area contributed by atoms with Crippen molar-refractivity contribution in [1.82, 2.24) is 15.2 Å². The standard InChI is InChI=1S/C27H31F3N4O3/c1-17(32-15-24(36)21-6-7-25(31)33-14-21)8-18-4-3-5-19(9-18)12-26(37)34(2)16-20-10-22(27(28,29)30)13-23(35)11-20/h3-7,9-11,13-14,17,24,32,35-36H,8,12,15-16H2,1-2H3,(H2,31,33)/t17-,24-/m1/s1. The van der Waals surface area contributed by atoms with Gasteiger partial charge < -0.3 is 26.2 Å². The van der Waals surface area contributed by atoms with E-state index in [1.165, 1.54) is 18.0 Å². The number of hydrogen-bond acceptors (Lipinski definition) is 6. The summed E-state index contributed by atoms with van der Waals surface area (Å²) >= 11 is 0. The fourth-order valence-electron chi connectivity index (χ4n) is 3.94. The Morgan fingerprint density at radius 3 is 2.51 bits per heavy atom. The molecule has 2 atom stereocenters. The number of halogens is 3. The smallest absolute Gasteiger partial charge is 0.416 e. The molecule has 3 aromatic rings. The first-order valence-electron chi connectivity index (χ1n) is 11.8. The normalized spacial score (nSPS) is 13.2. The second kappa shape index (κ2) is 12.1. The number of nitrogen functional groups attached to an aromatic ring is 1. The third-order valence-corrected chi connectivity index (χ3v) is 5.89. The van der Waals surface area contributed by atoms with Gasteiger partial charge in [-0.15, -0.1) is 0 Å². The molecule has 7 nitrogen and oxygen atoms in total. The van der Waals surface area contributed by atoms with E-state index in [9.17, 15) is 28.2 Å². The predicted octanol–water partition coefficient (Wildman–Crippen LogP) is 3.84. The molecule has 10 heteroatoms. The highest BCUT2D eigenvalue weighted by atomic mass is 19.4. The van der Waals surface area contributed by atoms with E-state index in [4.69, 9.17) is 5.73 Å². The minimum Gasteiger partial charge on any atom is -0.508 e. The van der Waals surface area contributed by atoms with Gasteiger partial charge in [0.2, 0.25) is 5.91 Å². The molecule has 0 bridgehead atoms. The maximum absolute atomic E-state index is 13.0. The molecule has 0 unspecified atom stereocenters. The van der Waals surface area contributed by atoms with E-state index in [1.54, 1.807) is 18.3 Å². The van der Waals surface area contributed by atoms with E-state index in [0.717, 1.165) is 17.2 Å². The van der Waals surface area contributed by atoms with Crippen molar-refractivity contribution in [2.75, 3.05) is 19.3 Å². The van der Waals surface area contributed by atoms with Crippen LogP contribution in [0.4, 0.5) is 19.0 Å². The molecule has 0 aliphatic heterocycles. The maximum Gasteiger partial charge on any atom is 0.416 e. The highest BCUT2D eigenvalue weighted by molar-refractivity contribution is 5.78. The van der Waals surface area contributed by atoms with Crippen molar-refractivity contribution < 1.29 is 28.2 Å². The number of alkyl halides is 3. The van der Waals surface area contributed by atoms with Crippen LogP contribution in [-0.4, -0.2) is 45.6 Å². The van der Waals surface area contributed by atoms with Gasteiger partial charge in [-0.25, -0.2) is 4.98 Å². The maximum atomic E-state index is 13.0. The summed E-state index contributed by atoms with van der Waals surface area (Å²) in [7, 11) is 1.51. The van der Waals surface area contributed by atoms with Gasteiger partial charge in [-0.3, -0.25) is 4.79 Å². The number of carbonyl (C=O) groups is 1. The molecule has 0 saturated carbocycles. The summed E-state index contributed by atoms with van der Waals surface area (Å²) < 4.78 is 39.1. The van der Waals surface area contributed by atoms with Crippen LogP contribution in [-0.2, 0) is 30.4 Å². The Labute approximate surface area is 213 Å². The molecule has 198 valence electrons. The molecule has 1 aromatic heterocycles. The predicted molar refractivity (Wildman–Crippen MR) is 135 cm³/mol. The van der Waals surface area contributed by atoms with Crippen LogP contribution >= 0.6 is 0 Å². The number of phenols is 1. The van der Waals surface area contributed by atoms with Crippen LogP contribution in [0.5, 0.6) is 5.75 Å². The van der Waals surface area contributed by atoms with Crippen LogP contribution in [0.1, 0.15) is 40.8 Å². The number of likely N-dealkylation sites (N-methyl/N-ethyl adjacent to an activating group) is 1. The van der Waals surface area contributed by atoms with Crippen LogP contribution in [0.2, 0.25) is 0 Å². The quantitative estimate of drug-likeness (QED) is 0.326. The van der Waals surface area contributed by atoms with Crippen LogP contribution < -0.4 is 11.1 Å². The Hall–Kier alpha value is -3.63. The number of phenolic OH excluding ortho intramolecular Hbond substituents is 1. The van der Waals surface area contributed by atoms with Crippen molar-refractivity contribution >= 4 is 11.7 Å². The number of nitrogens with one attached hydrogen (secondary N) is 1. The summed E-state index contributed by atoms with van der Waals surface area (Å²) in [5.41, 5.74) is 7.25. The number of aromatic nitrogens is 1. The van der Waals surface area contributed by atoms with E-state index >= 15 is 0 Å². The van der Waals surface area contributed by atoms with Gasteiger partial charge in [-0.1, -0.05) is 30.3 Å². The molecule has 1 amide bonds. The van der Waals surface area contributed by atoms with Crippen molar-refractivity contribution in [3.8, 4) is 5.75 Å². The van der Waals surface area contributed by atoms with E-state index in [-0.39, 0.29) is 30.5 Å². The lowest BCUT2D eigenvalue weighted by atomic mass is 10.0. The van der Waals surface area contributed by atoms with Gasteiger partial charge in [-0.2, -0.15) is 13.2 Å². The highest BCUT2D eigenvalue weighted by Gasteiger charge is 2.31. The Morgan fingerprint density at radius 1 is 1.11 bits per heavy atom. The summed E-state index contributed by atoms with van der Waals surface area (Å²) in [5, 5.41) is 23.3. The van der Waals surface area contributed by atoms with E-state index in [1.807, 2.05) is 31.2 Å². The number of hydrogen-bond donors (Lipinski definition) is 4. The number of amides is 1. The van der Waals surface area contributed by atoms with Crippen LogP contribution in [0.15, 0.2) is 60.8 Å². The summed E-state index contributed by atoms with van der Waals surface area (Å²) in [5.74, 6) is -0.379. The zero-order chi connectivity index (χ0) is 27.2. The van der Waals surface area contributed by atoms with E-state index in [2.05, 4.69) is 10.3 Å². The molecular weight excluding hydrogens is 485 g/mol. The highest BCUT2D eigenvalue weighted by Crippen LogP contribution is 2.32. The van der Waals surface area contributed by atoms with Gasteiger partial charge in [0.05, 0.1) is 18.1 Å². The van der Waals surface area contributed by atoms with Crippen molar-refractivity contribution in [1.29, 1.82) is 0 Å². The minimum absolute atomic E-state index is 0.0404. The van der Waals surface area contributed by atoms with Crippen LogP contribution in [0.3, 0.4) is 0 Å². The van der Waals surface area contributed by atoms with Crippen LogP contribution in [0, 0.1) is 0 Å². The Kier molecular flexibility index (Phi) is 9.12. The zero-order valence-corrected chi connectivity index (χ0v) is 20.7. The molecule has 5 N–H and O–H groups in total. The van der Waals surface area contributed by atoms with Gasteiger partial charge in [0.25, 0.3) is 0 Å². The SMILES string of the molecule is C[C@H](Cc1cccc(CC(=O)N(C)Cc2cc(O)cc(C(F)(F)F)c2)c1)NC[C@@H](O)c1ccc(N)nc1. The molecule has 1 heterocycles. The monoisotopic (exact) mass is 516 g/mol. The number of pyridine rings is 1. The lowest BCUT2D eigenvalue weighted by Gasteiger charge is -2.19. The fourth-order valence-corrected chi connectivity index (χ4v) is 3.94. The number of carbonyl (C=O) groups excluding carboxylic acids is 1. The molecule has 0 radical (unpaired) electrons. The number of anilines is 1. The van der Waals surface area contributed by atoms with E-state index < -0.39 is 23.6 Å². The molecule has 0 aliphatic carbocycles. The van der Waals surface area contributed by atoms with Crippen LogP contribution in [0.25, 0.3) is 0 Å². The zero-order valence-electron chi connectivity index (χ0n) is 20.7. The summed E-state index contributed by atoms with van der Waals surface area (Å²) in [6, 6.07) is 13.7. The minimum atomic E-state index is -4.59. The lowest BCUT2D eigenvalue weighted by Crippen LogP contribution is -2.32. The third kappa shape index (κ3) is 8.47. The average molecular weight is 517 g/mol. The fraction of sp³-hybridized carbons (Fsp3) is 0.333. The average Bonchev–Trinajstić information content (AvgIpc) is 2.82. The molecule has 0 aliphatic rings. The number of aliphatic hydroxyl groups is 1. The Morgan fingerprint density at radius 2 is 1.84 bits per heavy atom. The second-order valence-corrected chi connectivity index (χ2v) is 9.18. The number of benzene rings is 2. The lowest BCUT2D eigenvalue weighted by molar-refractivity contribution is -0.137. The number of nitrogens with two attached hydrogens (primary N) is 1. The summed E-state index contributed by atoms with van der Waals surface area (Å²) in [4.78, 5) is 18.1. The van der Waals surface area contributed by atoms with Gasteiger partial charge in [0, 0.05) is 37.9 Å². The van der Waals surface area contributed by atoms with Crippen molar-refractivity contribution in [3.63, 3.8) is 0 Å².